The van der Waals surface area contributed by atoms with Crippen LogP contribution in [0.15, 0.2) is 65.4 Å². The van der Waals surface area contributed by atoms with Gasteiger partial charge in [-0.3, -0.25) is 9.69 Å². The first-order valence-electron chi connectivity index (χ1n) is 10.00. The van der Waals surface area contributed by atoms with Crippen molar-refractivity contribution in [3.05, 3.63) is 72.4 Å². The van der Waals surface area contributed by atoms with Crippen LogP contribution in [0.3, 0.4) is 0 Å². The maximum absolute atomic E-state index is 13.7. The number of benzene rings is 1. The van der Waals surface area contributed by atoms with Crippen molar-refractivity contribution < 1.29 is 14.0 Å². The molecule has 0 spiro atoms. The van der Waals surface area contributed by atoms with Crippen LogP contribution in [-0.2, 0) is 4.79 Å². The van der Waals surface area contributed by atoms with Crippen LogP contribution in [-0.4, -0.2) is 53.0 Å². The summed E-state index contributed by atoms with van der Waals surface area (Å²) in [5.41, 5.74) is 2.64. The van der Waals surface area contributed by atoms with Crippen LogP contribution < -0.4 is 4.90 Å². The molecule has 0 fully saturated rings. The van der Waals surface area contributed by atoms with Gasteiger partial charge >= 0.3 is 6.03 Å². The normalized spacial score (nSPS) is 15.0. The minimum atomic E-state index is -0.416. The van der Waals surface area contributed by atoms with Gasteiger partial charge in [0.25, 0.3) is 0 Å². The molecule has 1 atom stereocenters. The zero-order valence-corrected chi connectivity index (χ0v) is 17.6. The van der Waals surface area contributed by atoms with Crippen LogP contribution in [0.5, 0.6) is 0 Å². The van der Waals surface area contributed by atoms with E-state index in [0.717, 1.165) is 17.1 Å². The monoisotopic (exact) mass is 406 g/mol. The van der Waals surface area contributed by atoms with Gasteiger partial charge in [0.1, 0.15) is 18.3 Å². The van der Waals surface area contributed by atoms with E-state index in [9.17, 15) is 9.59 Å². The second-order valence-electron chi connectivity index (χ2n) is 7.87. The Bertz CT molecular complexity index is 1050. The first-order valence-corrected chi connectivity index (χ1v) is 10.00. The van der Waals surface area contributed by atoms with Gasteiger partial charge in [-0.1, -0.05) is 12.1 Å². The van der Waals surface area contributed by atoms with E-state index in [-0.39, 0.29) is 24.5 Å². The smallest absolute Gasteiger partial charge is 0.320 e. The molecule has 3 heterocycles. The van der Waals surface area contributed by atoms with Crippen LogP contribution in [0.2, 0.25) is 0 Å². The van der Waals surface area contributed by atoms with E-state index in [2.05, 4.69) is 4.57 Å². The van der Waals surface area contributed by atoms with Crippen molar-refractivity contribution in [3.8, 4) is 5.69 Å². The van der Waals surface area contributed by atoms with Crippen molar-refractivity contribution in [2.24, 2.45) is 0 Å². The van der Waals surface area contributed by atoms with Gasteiger partial charge < -0.3 is 18.8 Å². The molecule has 1 unspecified atom stereocenters. The third-order valence-electron chi connectivity index (χ3n) is 5.36. The lowest BCUT2D eigenvalue weighted by Crippen LogP contribution is -2.51. The zero-order valence-electron chi connectivity index (χ0n) is 17.6. The van der Waals surface area contributed by atoms with E-state index in [1.165, 1.54) is 4.90 Å². The van der Waals surface area contributed by atoms with Crippen LogP contribution in [0.1, 0.15) is 31.3 Å². The van der Waals surface area contributed by atoms with E-state index in [1.807, 2.05) is 68.6 Å². The SMILES string of the molecule is CC(C)N(CC(=O)N1c2ccccc2-n2cccc2C1c1ccco1)C(=O)N(C)C. The standard InChI is InChI=1S/C23H26N4O3/c1-16(2)26(23(29)24(3)4)15-21(28)27-18-10-6-5-9-17(18)25-13-7-11-19(25)22(27)20-12-8-14-30-20/h5-14,16,22H,15H2,1-4H3. The number of nitrogens with zero attached hydrogens (tertiary/aromatic N) is 4. The number of rotatable bonds is 4. The summed E-state index contributed by atoms with van der Waals surface area (Å²) in [6, 6.07) is 14.7. The largest absolute Gasteiger partial charge is 0.467 e. The Morgan fingerprint density at radius 2 is 1.77 bits per heavy atom. The number of hydrogen-bond donors (Lipinski definition) is 0. The molecule has 156 valence electrons. The summed E-state index contributed by atoms with van der Waals surface area (Å²) < 4.78 is 7.82. The highest BCUT2D eigenvalue weighted by Crippen LogP contribution is 2.42. The van der Waals surface area contributed by atoms with Gasteiger partial charge in [0.05, 0.1) is 23.3 Å². The van der Waals surface area contributed by atoms with E-state index in [0.29, 0.717) is 5.76 Å². The van der Waals surface area contributed by atoms with Crippen LogP contribution in [0, 0.1) is 0 Å². The molecule has 3 amide bonds. The molecule has 0 radical (unpaired) electrons. The fourth-order valence-corrected chi connectivity index (χ4v) is 3.93. The molecule has 0 N–H and O–H groups in total. The minimum Gasteiger partial charge on any atom is -0.467 e. The van der Waals surface area contributed by atoms with Crippen molar-refractivity contribution in [2.75, 3.05) is 25.5 Å². The molecule has 0 saturated heterocycles. The molecule has 4 rings (SSSR count). The Hall–Kier alpha value is -3.48. The molecule has 1 aromatic carbocycles. The fraction of sp³-hybridized carbons (Fsp3) is 0.304. The minimum absolute atomic E-state index is 0.0269. The van der Waals surface area contributed by atoms with Gasteiger partial charge in [0.2, 0.25) is 5.91 Å². The summed E-state index contributed by atoms with van der Waals surface area (Å²) in [6.07, 6.45) is 3.60. The number of anilines is 1. The summed E-state index contributed by atoms with van der Waals surface area (Å²) >= 11 is 0. The third-order valence-corrected chi connectivity index (χ3v) is 5.36. The number of amides is 3. The highest BCUT2D eigenvalue weighted by Gasteiger charge is 2.38. The van der Waals surface area contributed by atoms with Crippen LogP contribution in [0.25, 0.3) is 5.69 Å². The number of fused-ring (bicyclic) bond motifs is 3. The quantitative estimate of drug-likeness (QED) is 0.660. The summed E-state index contributed by atoms with van der Waals surface area (Å²) in [6.45, 7) is 3.79. The Balaban J connectivity index is 1.80. The van der Waals surface area contributed by atoms with E-state index < -0.39 is 6.04 Å². The van der Waals surface area contributed by atoms with Crippen molar-refractivity contribution in [2.45, 2.75) is 25.9 Å². The van der Waals surface area contributed by atoms with Crippen molar-refractivity contribution in [1.29, 1.82) is 0 Å². The molecule has 1 aliphatic heterocycles. The van der Waals surface area contributed by atoms with Crippen molar-refractivity contribution in [1.82, 2.24) is 14.4 Å². The van der Waals surface area contributed by atoms with E-state index in [1.54, 1.807) is 30.2 Å². The van der Waals surface area contributed by atoms with Gasteiger partial charge in [-0.25, -0.2) is 4.79 Å². The van der Waals surface area contributed by atoms with Crippen molar-refractivity contribution in [3.63, 3.8) is 0 Å². The summed E-state index contributed by atoms with van der Waals surface area (Å²) in [7, 11) is 3.38. The van der Waals surface area contributed by atoms with Crippen LogP contribution in [0.4, 0.5) is 10.5 Å². The second kappa shape index (κ2) is 7.74. The van der Waals surface area contributed by atoms with Gasteiger partial charge in [-0.2, -0.15) is 0 Å². The third kappa shape index (κ3) is 3.26. The summed E-state index contributed by atoms with van der Waals surface area (Å²) in [5.74, 6) is 0.507. The summed E-state index contributed by atoms with van der Waals surface area (Å²) in [4.78, 5) is 31.2. The molecule has 7 heteroatoms. The predicted molar refractivity (Wildman–Crippen MR) is 115 cm³/mol. The number of para-hydroxylation sites is 2. The molecular formula is C23H26N4O3. The zero-order chi connectivity index (χ0) is 21.4. The average Bonchev–Trinajstić information content (AvgIpc) is 3.42. The number of aromatic nitrogens is 1. The highest BCUT2D eigenvalue weighted by molar-refractivity contribution is 6.00. The Morgan fingerprint density at radius 1 is 1.03 bits per heavy atom. The average molecular weight is 406 g/mol. The van der Waals surface area contributed by atoms with Crippen molar-refractivity contribution >= 4 is 17.6 Å². The predicted octanol–water partition coefficient (Wildman–Crippen LogP) is 3.90. The number of urea groups is 1. The molecule has 0 aliphatic carbocycles. The maximum atomic E-state index is 13.7. The van der Waals surface area contributed by atoms with Gasteiger partial charge in [0.15, 0.2) is 0 Å². The molecule has 3 aromatic rings. The van der Waals surface area contributed by atoms with Gasteiger partial charge in [-0.05, 0) is 50.2 Å². The van der Waals surface area contributed by atoms with Gasteiger partial charge in [0, 0.05) is 26.3 Å². The fourth-order valence-electron chi connectivity index (χ4n) is 3.93. The lowest BCUT2D eigenvalue weighted by Gasteiger charge is -2.39. The Labute approximate surface area is 176 Å². The number of hydrogen-bond acceptors (Lipinski definition) is 3. The first-order chi connectivity index (χ1) is 14.4. The summed E-state index contributed by atoms with van der Waals surface area (Å²) in [5, 5.41) is 0. The molecule has 30 heavy (non-hydrogen) atoms. The molecule has 2 aromatic heterocycles. The number of carbonyl (C=O) groups excluding carboxylic acids is 2. The number of furan rings is 1. The van der Waals surface area contributed by atoms with E-state index in [4.69, 9.17) is 4.42 Å². The highest BCUT2D eigenvalue weighted by atomic mass is 16.3. The Morgan fingerprint density at radius 3 is 2.40 bits per heavy atom. The second-order valence-corrected chi connectivity index (χ2v) is 7.87. The molecule has 7 nitrogen and oxygen atoms in total. The van der Waals surface area contributed by atoms with E-state index >= 15 is 0 Å². The molecule has 0 bridgehead atoms. The maximum Gasteiger partial charge on any atom is 0.320 e. The van der Waals surface area contributed by atoms with Crippen LogP contribution >= 0.6 is 0 Å². The first kappa shape index (κ1) is 19.8. The molecule has 0 saturated carbocycles. The number of carbonyl (C=O) groups is 2. The lowest BCUT2D eigenvalue weighted by atomic mass is 10.0. The Kier molecular flexibility index (Phi) is 5.11. The molecular weight excluding hydrogens is 380 g/mol. The van der Waals surface area contributed by atoms with Gasteiger partial charge in [-0.15, -0.1) is 0 Å². The lowest BCUT2D eigenvalue weighted by molar-refractivity contribution is -0.120. The molecule has 1 aliphatic rings. The topological polar surface area (TPSA) is 61.9 Å².